The Balaban J connectivity index is 2.10. The minimum absolute atomic E-state index is 0.402. The van der Waals surface area contributed by atoms with E-state index in [1.165, 1.54) is 6.21 Å². The van der Waals surface area contributed by atoms with Gasteiger partial charge in [-0.05, 0) is 35.9 Å². The first-order chi connectivity index (χ1) is 10.5. The van der Waals surface area contributed by atoms with Crippen molar-refractivity contribution in [3.63, 3.8) is 0 Å². The molecule has 0 atom stereocenters. The largest absolute Gasteiger partial charge is 0.488 e. The fourth-order valence-corrected chi connectivity index (χ4v) is 2.10. The van der Waals surface area contributed by atoms with Gasteiger partial charge in [-0.15, -0.1) is 0 Å². The summed E-state index contributed by atoms with van der Waals surface area (Å²) in [6, 6.07) is 12.2. The molecular formula is C15H13BrClN3O2. The number of hydrazone groups is 1. The smallest absolute Gasteiger partial charge is 0.332 e. The molecule has 2 amide bonds. The van der Waals surface area contributed by atoms with Crippen LogP contribution in [-0.2, 0) is 6.61 Å². The van der Waals surface area contributed by atoms with Gasteiger partial charge in [-0.1, -0.05) is 39.7 Å². The standard InChI is InChI=1S/C15H13BrClN3O2/c16-12-3-1-10(2-4-12)9-22-14-6-5-13(17)7-11(14)8-19-20-15(18)21/h1-8H,9H2,(H3,18,20,21). The lowest BCUT2D eigenvalue weighted by molar-refractivity contribution is 0.249. The van der Waals surface area contributed by atoms with E-state index in [-0.39, 0.29) is 0 Å². The summed E-state index contributed by atoms with van der Waals surface area (Å²) in [6.45, 7) is 0.402. The molecule has 7 heteroatoms. The summed E-state index contributed by atoms with van der Waals surface area (Å²) in [5.41, 5.74) is 8.73. The molecule has 0 unspecified atom stereocenters. The third-order valence-corrected chi connectivity index (χ3v) is 3.42. The number of urea groups is 1. The third kappa shape index (κ3) is 5.05. The summed E-state index contributed by atoms with van der Waals surface area (Å²) in [4.78, 5) is 10.6. The van der Waals surface area contributed by atoms with Crippen LogP contribution >= 0.6 is 27.5 Å². The van der Waals surface area contributed by atoms with E-state index < -0.39 is 6.03 Å². The zero-order valence-electron chi connectivity index (χ0n) is 11.4. The molecule has 2 aromatic rings. The molecule has 3 N–H and O–H groups in total. The lowest BCUT2D eigenvalue weighted by Gasteiger charge is -2.09. The summed E-state index contributed by atoms with van der Waals surface area (Å²) in [7, 11) is 0. The molecule has 5 nitrogen and oxygen atoms in total. The molecule has 0 aliphatic rings. The molecule has 2 rings (SSSR count). The molecule has 114 valence electrons. The summed E-state index contributed by atoms with van der Waals surface area (Å²) >= 11 is 9.34. The number of benzene rings is 2. The summed E-state index contributed by atoms with van der Waals surface area (Å²) in [5, 5.41) is 4.25. The molecule has 0 saturated carbocycles. The number of nitrogens with two attached hydrogens (primary N) is 1. The van der Waals surface area contributed by atoms with Crippen LogP contribution < -0.4 is 15.9 Å². The number of hydrogen-bond donors (Lipinski definition) is 2. The number of hydrogen-bond acceptors (Lipinski definition) is 3. The van der Waals surface area contributed by atoms with E-state index in [2.05, 4.69) is 26.5 Å². The van der Waals surface area contributed by atoms with E-state index in [4.69, 9.17) is 22.1 Å². The molecule has 0 aliphatic heterocycles. The van der Waals surface area contributed by atoms with Crippen molar-refractivity contribution in [2.75, 3.05) is 0 Å². The van der Waals surface area contributed by atoms with E-state index >= 15 is 0 Å². The number of ether oxygens (including phenoxy) is 1. The van der Waals surface area contributed by atoms with Crippen molar-refractivity contribution in [1.29, 1.82) is 0 Å². The van der Waals surface area contributed by atoms with Gasteiger partial charge in [0.1, 0.15) is 12.4 Å². The van der Waals surface area contributed by atoms with Gasteiger partial charge in [-0.25, -0.2) is 10.2 Å². The average Bonchev–Trinajstić information content (AvgIpc) is 2.48. The van der Waals surface area contributed by atoms with Crippen molar-refractivity contribution in [2.45, 2.75) is 6.61 Å². The van der Waals surface area contributed by atoms with Crippen LogP contribution in [0.15, 0.2) is 52.0 Å². The zero-order chi connectivity index (χ0) is 15.9. The molecule has 0 heterocycles. The first-order valence-corrected chi connectivity index (χ1v) is 7.47. The van der Waals surface area contributed by atoms with Crippen molar-refractivity contribution < 1.29 is 9.53 Å². The number of halogens is 2. The topological polar surface area (TPSA) is 76.7 Å². The maximum atomic E-state index is 10.6. The Morgan fingerprint density at radius 1 is 1.32 bits per heavy atom. The number of rotatable bonds is 5. The van der Waals surface area contributed by atoms with Crippen LogP contribution in [0.25, 0.3) is 0 Å². The number of carbonyl (C=O) groups excluding carboxylic acids is 1. The molecule has 0 saturated heterocycles. The Kier molecular flexibility index (Phi) is 5.80. The van der Waals surface area contributed by atoms with Gasteiger partial charge in [0.25, 0.3) is 0 Å². The Bertz CT molecular complexity index is 690. The summed E-state index contributed by atoms with van der Waals surface area (Å²) in [5.74, 6) is 0.599. The highest BCUT2D eigenvalue weighted by Crippen LogP contribution is 2.22. The highest BCUT2D eigenvalue weighted by atomic mass is 79.9. The van der Waals surface area contributed by atoms with Crippen LogP contribution in [0.3, 0.4) is 0 Å². The van der Waals surface area contributed by atoms with Gasteiger partial charge in [-0.2, -0.15) is 5.10 Å². The van der Waals surface area contributed by atoms with Gasteiger partial charge >= 0.3 is 6.03 Å². The quantitative estimate of drug-likeness (QED) is 0.611. The number of carbonyl (C=O) groups is 1. The Labute approximate surface area is 141 Å². The molecule has 0 bridgehead atoms. The monoisotopic (exact) mass is 381 g/mol. The van der Waals surface area contributed by atoms with Crippen molar-refractivity contribution in [3.8, 4) is 5.75 Å². The lowest BCUT2D eigenvalue weighted by atomic mass is 10.2. The van der Waals surface area contributed by atoms with Crippen LogP contribution in [-0.4, -0.2) is 12.2 Å². The molecule has 0 spiro atoms. The fourth-order valence-electron chi connectivity index (χ4n) is 1.66. The zero-order valence-corrected chi connectivity index (χ0v) is 13.8. The predicted octanol–water partition coefficient (Wildman–Crippen LogP) is 3.68. The van der Waals surface area contributed by atoms with Gasteiger partial charge in [0, 0.05) is 15.1 Å². The first-order valence-electron chi connectivity index (χ1n) is 6.30. The molecular weight excluding hydrogens is 370 g/mol. The number of nitrogens with zero attached hydrogens (tertiary/aromatic N) is 1. The Hall–Kier alpha value is -2.05. The molecule has 0 aliphatic carbocycles. The van der Waals surface area contributed by atoms with Crippen LogP contribution in [0.1, 0.15) is 11.1 Å². The molecule has 2 aromatic carbocycles. The maximum absolute atomic E-state index is 10.6. The maximum Gasteiger partial charge on any atom is 0.332 e. The molecule has 22 heavy (non-hydrogen) atoms. The minimum Gasteiger partial charge on any atom is -0.488 e. The van der Waals surface area contributed by atoms with Gasteiger partial charge in [-0.3, -0.25) is 0 Å². The van der Waals surface area contributed by atoms with Crippen molar-refractivity contribution >= 4 is 39.8 Å². The number of nitrogens with one attached hydrogen (secondary N) is 1. The van der Waals surface area contributed by atoms with E-state index in [0.29, 0.717) is 22.9 Å². The Morgan fingerprint density at radius 2 is 2.05 bits per heavy atom. The summed E-state index contributed by atoms with van der Waals surface area (Å²) < 4.78 is 6.77. The second-order valence-corrected chi connectivity index (χ2v) is 5.68. The minimum atomic E-state index is -0.740. The normalized spacial score (nSPS) is 10.6. The Morgan fingerprint density at radius 3 is 2.73 bits per heavy atom. The van der Waals surface area contributed by atoms with Crippen molar-refractivity contribution in [3.05, 3.63) is 63.1 Å². The molecule has 0 fully saturated rings. The van der Waals surface area contributed by atoms with Crippen LogP contribution in [0.4, 0.5) is 4.79 Å². The van der Waals surface area contributed by atoms with Crippen LogP contribution in [0, 0.1) is 0 Å². The van der Waals surface area contributed by atoms with Gasteiger partial charge < -0.3 is 10.5 Å². The van der Waals surface area contributed by atoms with Gasteiger partial charge in [0.2, 0.25) is 0 Å². The highest BCUT2D eigenvalue weighted by molar-refractivity contribution is 9.10. The number of amides is 2. The number of primary amides is 1. The average molecular weight is 383 g/mol. The van der Waals surface area contributed by atoms with Crippen molar-refractivity contribution in [2.24, 2.45) is 10.8 Å². The van der Waals surface area contributed by atoms with Gasteiger partial charge in [0.05, 0.1) is 6.21 Å². The molecule has 0 aromatic heterocycles. The van der Waals surface area contributed by atoms with Crippen molar-refractivity contribution in [1.82, 2.24) is 5.43 Å². The second kappa shape index (κ2) is 7.82. The SMILES string of the molecule is NC(=O)NN=Cc1cc(Cl)ccc1OCc1ccc(Br)cc1. The van der Waals surface area contributed by atoms with Crippen LogP contribution in [0.2, 0.25) is 5.02 Å². The second-order valence-electron chi connectivity index (χ2n) is 4.33. The van der Waals surface area contributed by atoms with Gasteiger partial charge in [0.15, 0.2) is 0 Å². The third-order valence-electron chi connectivity index (χ3n) is 2.66. The van der Waals surface area contributed by atoms with E-state index in [0.717, 1.165) is 10.0 Å². The fraction of sp³-hybridized carbons (Fsp3) is 0.0667. The summed E-state index contributed by atoms with van der Waals surface area (Å²) in [6.07, 6.45) is 1.42. The predicted molar refractivity (Wildman–Crippen MR) is 90.2 cm³/mol. The van der Waals surface area contributed by atoms with Crippen LogP contribution in [0.5, 0.6) is 5.75 Å². The van der Waals surface area contributed by atoms with E-state index in [9.17, 15) is 4.79 Å². The lowest BCUT2D eigenvalue weighted by Crippen LogP contribution is -2.24. The highest BCUT2D eigenvalue weighted by Gasteiger charge is 2.04. The molecule has 0 radical (unpaired) electrons. The van der Waals surface area contributed by atoms with E-state index in [1.807, 2.05) is 24.3 Å². The van der Waals surface area contributed by atoms with E-state index in [1.54, 1.807) is 18.2 Å². The first kappa shape index (κ1) is 16.3.